The van der Waals surface area contributed by atoms with Gasteiger partial charge in [-0.25, -0.2) is 0 Å². The number of fused-ring (bicyclic) bond motifs is 3. The van der Waals surface area contributed by atoms with E-state index in [4.69, 9.17) is 18.9 Å². The number of methoxy groups -OCH3 is 1. The van der Waals surface area contributed by atoms with Gasteiger partial charge < -0.3 is 18.9 Å². The molecule has 5 rings (SSSR count). The molecule has 0 aromatic carbocycles. The molecule has 0 N–H and O–H groups in total. The standard InChI is InChI=1S/C40H66O6/c1-12-13-20-45-35(42)33-36(7,27(6)25(2)3)18-19-38(9)28-14-15-32-37(8)23-44-24-40(32,29(28)16-17-39(33,38)10)21-31(43-11)34(37)46-22-30(41)26(4)5/h16,25-28,31-34H,12-15,17-24H2,1-11H3/t27-,28+,31-,32+,33-,34+,36-,37+,38-,39+,40+/m1/s1. The van der Waals surface area contributed by atoms with E-state index < -0.39 is 0 Å². The van der Waals surface area contributed by atoms with Crippen LogP contribution in [0.25, 0.3) is 0 Å². The fourth-order valence-electron chi connectivity index (χ4n) is 11.8. The maximum atomic E-state index is 14.4. The number of hydrogen-bond acceptors (Lipinski definition) is 6. The second-order valence-corrected chi connectivity index (χ2v) is 17.9. The molecule has 4 fully saturated rings. The number of ether oxygens (including phenoxy) is 4. The van der Waals surface area contributed by atoms with Gasteiger partial charge in [0.05, 0.1) is 37.9 Å². The van der Waals surface area contributed by atoms with Crippen molar-refractivity contribution >= 4 is 11.8 Å². The molecule has 262 valence electrons. The highest BCUT2D eigenvalue weighted by molar-refractivity contribution is 5.81. The normalized spacial score (nSPS) is 44.1. The number of unbranched alkanes of at least 4 members (excludes halogenated alkanes) is 1. The molecule has 11 atom stereocenters. The molecule has 46 heavy (non-hydrogen) atoms. The van der Waals surface area contributed by atoms with E-state index in [0.29, 0.717) is 43.5 Å². The van der Waals surface area contributed by atoms with E-state index in [1.165, 1.54) is 0 Å². The summed E-state index contributed by atoms with van der Waals surface area (Å²) in [5, 5.41) is 0. The van der Waals surface area contributed by atoms with Crippen molar-refractivity contribution in [2.24, 2.45) is 62.6 Å². The third-order valence-electron chi connectivity index (χ3n) is 15.2. The van der Waals surface area contributed by atoms with Crippen LogP contribution in [0.2, 0.25) is 0 Å². The summed E-state index contributed by atoms with van der Waals surface area (Å²) in [5.41, 5.74) is 0.836. The summed E-state index contributed by atoms with van der Waals surface area (Å²) in [5.74, 6) is 1.65. The zero-order valence-electron chi connectivity index (χ0n) is 31.1. The van der Waals surface area contributed by atoms with Crippen LogP contribution in [0, 0.1) is 62.6 Å². The van der Waals surface area contributed by atoms with Crippen molar-refractivity contribution in [2.45, 2.75) is 133 Å². The minimum atomic E-state index is -0.245. The minimum absolute atomic E-state index is 0.0298. The molecule has 3 saturated carbocycles. The zero-order chi connectivity index (χ0) is 33.9. The largest absolute Gasteiger partial charge is 0.465 e. The van der Waals surface area contributed by atoms with E-state index in [2.05, 4.69) is 61.5 Å². The van der Waals surface area contributed by atoms with Gasteiger partial charge in [0.15, 0.2) is 5.78 Å². The number of esters is 1. The summed E-state index contributed by atoms with van der Waals surface area (Å²) < 4.78 is 25.5. The number of allylic oxidation sites excluding steroid dienone is 1. The lowest BCUT2D eigenvalue weighted by molar-refractivity contribution is -0.266. The molecule has 6 nitrogen and oxygen atoms in total. The zero-order valence-corrected chi connectivity index (χ0v) is 31.1. The van der Waals surface area contributed by atoms with Crippen molar-refractivity contribution in [1.82, 2.24) is 0 Å². The van der Waals surface area contributed by atoms with Gasteiger partial charge >= 0.3 is 5.97 Å². The molecule has 1 saturated heterocycles. The number of carbonyl (C=O) groups excluding carboxylic acids is 2. The van der Waals surface area contributed by atoms with E-state index in [-0.39, 0.29) is 69.5 Å². The first kappa shape index (κ1) is 36.1. The van der Waals surface area contributed by atoms with E-state index >= 15 is 0 Å². The van der Waals surface area contributed by atoms with Gasteiger partial charge in [0.25, 0.3) is 0 Å². The quantitative estimate of drug-likeness (QED) is 0.128. The average Bonchev–Trinajstić information content (AvgIpc) is 3.00. The van der Waals surface area contributed by atoms with Crippen molar-refractivity contribution in [2.75, 3.05) is 33.5 Å². The highest BCUT2D eigenvalue weighted by Crippen LogP contribution is 2.75. The van der Waals surface area contributed by atoms with Gasteiger partial charge in [-0.2, -0.15) is 0 Å². The lowest BCUT2D eigenvalue weighted by Crippen LogP contribution is -2.70. The third kappa shape index (κ3) is 5.29. The molecule has 0 unspecified atom stereocenters. The van der Waals surface area contributed by atoms with Crippen molar-refractivity contribution in [3.05, 3.63) is 11.6 Å². The van der Waals surface area contributed by atoms with Crippen LogP contribution in [-0.4, -0.2) is 57.5 Å². The Morgan fingerprint density at radius 1 is 1.00 bits per heavy atom. The molecule has 4 aliphatic carbocycles. The van der Waals surface area contributed by atoms with Crippen LogP contribution in [0.3, 0.4) is 0 Å². The Labute approximate surface area is 280 Å². The summed E-state index contributed by atoms with van der Waals surface area (Å²) in [6.07, 6.45) is 10.3. The van der Waals surface area contributed by atoms with Crippen molar-refractivity contribution < 1.29 is 28.5 Å². The smallest absolute Gasteiger partial charge is 0.310 e. The van der Waals surface area contributed by atoms with Gasteiger partial charge in [-0.3, -0.25) is 9.59 Å². The summed E-state index contributed by atoms with van der Waals surface area (Å²) in [7, 11) is 1.81. The lowest BCUT2D eigenvalue weighted by atomic mass is 9.34. The maximum absolute atomic E-state index is 14.4. The second kappa shape index (κ2) is 12.9. The Kier molecular flexibility index (Phi) is 10.1. The van der Waals surface area contributed by atoms with Crippen molar-refractivity contribution in [3.8, 4) is 0 Å². The predicted octanol–water partition coefficient (Wildman–Crippen LogP) is 8.46. The van der Waals surface area contributed by atoms with Crippen LogP contribution >= 0.6 is 0 Å². The Morgan fingerprint density at radius 2 is 1.72 bits per heavy atom. The monoisotopic (exact) mass is 642 g/mol. The number of carbonyl (C=O) groups is 2. The molecule has 1 heterocycles. The second-order valence-electron chi connectivity index (χ2n) is 17.9. The first-order valence-electron chi connectivity index (χ1n) is 18.7. The highest BCUT2D eigenvalue weighted by Gasteiger charge is 2.72. The average molecular weight is 643 g/mol. The van der Waals surface area contributed by atoms with E-state index in [1.54, 1.807) is 5.57 Å². The van der Waals surface area contributed by atoms with E-state index in [0.717, 1.165) is 51.4 Å². The van der Waals surface area contributed by atoms with Gasteiger partial charge in [0.2, 0.25) is 0 Å². The van der Waals surface area contributed by atoms with Crippen LogP contribution in [0.5, 0.6) is 0 Å². The van der Waals surface area contributed by atoms with Crippen LogP contribution in [-0.2, 0) is 28.5 Å². The van der Waals surface area contributed by atoms with E-state index in [9.17, 15) is 9.59 Å². The number of Topliss-reactive ketones (excluding diaryl/α,β-unsaturated/α-hetero) is 1. The maximum Gasteiger partial charge on any atom is 0.310 e. The fourth-order valence-corrected chi connectivity index (χ4v) is 11.8. The molecule has 0 aromatic rings. The lowest BCUT2D eigenvalue weighted by Gasteiger charge is -2.71. The molecule has 6 heteroatoms. The van der Waals surface area contributed by atoms with Crippen LogP contribution in [0.4, 0.5) is 0 Å². The molecule has 5 aliphatic rings. The van der Waals surface area contributed by atoms with Gasteiger partial charge in [0, 0.05) is 23.9 Å². The SMILES string of the molecule is CCCCOC(=O)[C@@H]1[C@@](C)([C@H](C)C(C)C)CC[C@]2(C)[C@H]3CC[C@@H]4[C@@]5(COC[C@]4(C)[C@@H](OCC(=O)C(C)C)[C@H](OC)C5)C3=CC[C@@]12C. The molecule has 0 radical (unpaired) electrons. The van der Waals surface area contributed by atoms with Crippen LogP contribution < -0.4 is 0 Å². The number of ketones is 1. The molecule has 0 aromatic heterocycles. The molecule has 2 bridgehead atoms. The van der Waals surface area contributed by atoms with Gasteiger partial charge in [-0.15, -0.1) is 0 Å². The van der Waals surface area contributed by atoms with Crippen molar-refractivity contribution in [1.29, 1.82) is 0 Å². The molecule has 0 amide bonds. The highest BCUT2D eigenvalue weighted by atomic mass is 16.5. The molecular formula is C40H66O6. The first-order chi connectivity index (χ1) is 21.6. The summed E-state index contributed by atoms with van der Waals surface area (Å²) in [4.78, 5) is 27.0. The van der Waals surface area contributed by atoms with Crippen molar-refractivity contribution in [3.63, 3.8) is 0 Å². The van der Waals surface area contributed by atoms with Crippen LogP contribution in [0.1, 0.15) is 121 Å². The third-order valence-corrected chi connectivity index (χ3v) is 15.2. The van der Waals surface area contributed by atoms with Crippen LogP contribution in [0.15, 0.2) is 11.6 Å². The van der Waals surface area contributed by atoms with Gasteiger partial charge in [-0.05, 0) is 84.9 Å². The summed E-state index contributed by atoms with van der Waals surface area (Å²) in [6.45, 7) is 24.7. The van der Waals surface area contributed by atoms with E-state index in [1.807, 2.05) is 21.0 Å². The Balaban J connectivity index is 1.55. The molecular weight excluding hydrogens is 576 g/mol. The Morgan fingerprint density at radius 3 is 2.35 bits per heavy atom. The van der Waals surface area contributed by atoms with Gasteiger partial charge in [0.1, 0.15) is 6.61 Å². The Hall–Kier alpha value is -1.24. The topological polar surface area (TPSA) is 71.1 Å². The first-order valence-corrected chi connectivity index (χ1v) is 18.7. The fraction of sp³-hybridized carbons (Fsp3) is 0.900. The minimum Gasteiger partial charge on any atom is -0.465 e. The predicted molar refractivity (Wildman–Crippen MR) is 182 cm³/mol. The molecule has 0 spiro atoms. The number of hydrogen-bond donors (Lipinski definition) is 0. The summed E-state index contributed by atoms with van der Waals surface area (Å²) >= 11 is 0. The van der Waals surface area contributed by atoms with Gasteiger partial charge in [-0.1, -0.05) is 87.3 Å². The Bertz CT molecular complexity index is 1180. The molecule has 1 aliphatic heterocycles. The number of rotatable bonds is 11. The summed E-state index contributed by atoms with van der Waals surface area (Å²) in [6, 6.07) is 0.